The minimum Gasteiger partial charge on any atom is -0.389 e. The van der Waals surface area contributed by atoms with Gasteiger partial charge in [-0.3, -0.25) is 0 Å². The first-order chi connectivity index (χ1) is 7.63. The van der Waals surface area contributed by atoms with Crippen LogP contribution in [-0.4, -0.2) is 0 Å². The number of rotatable bonds is 1. The number of nitrogen functional groups attached to an aromatic ring is 1. The lowest BCUT2D eigenvalue weighted by atomic mass is 10.1. The van der Waals surface area contributed by atoms with Crippen molar-refractivity contribution < 1.29 is 0 Å². The number of benzene rings is 1. The number of nitrogens with two attached hydrogens (primary N) is 1. The molecule has 2 nitrogen and oxygen atoms in total. The molecule has 0 unspecified atom stereocenters. The first kappa shape index (κ1) is 11.2. The highest BCUT2D eigenvalue weighted by molar-refractivity contribution is 9.10. The van der Waals surface area contributed by atoms with Crippen LogP contribution in [0.5, 0.6) is 0 Å². The molecule has 0 aliphatic heterocycles. The first-order valence-corrected chi connectivity index (χ1v) is 6.29. The van der Waals surface area contributed by atoms with Gasteiger partial charge in [0.15, 0.2) is 0 Å². The summed E-state index contributed by atoms with van der Waals surface area (Å²) in [6.07, 6.45) is 0. The second kappa shape index (κ2) is 4.28. The van der Waals surface area contributed by atoms with Gasteiger partial charge in [-0.25, -0.2) is 0 Å². The number of nitrogens with zero attached hydrogens (tertiary/aromatic N) is 1. The zero-order valence-corrected chi connectivity index (χ0v) is 11.0. The van der Waals surface area contributed by atoms with Gasteiger partial charge in [0.2, 0.25) is 0 Å². The standard InChI is InChI=1S/C12H9BrN2S/c1-7-10(6-14)12(15)16-11(7)8-2-4-9(13)5-3-8/h2-5H,15H2,1H3. The van der Waals surface area contributed by atoms with Crippen LogP contribution in [0.3, 0.4) is 0 Å². The molecule has 1 heterocycles. The lowest BCUT2D eigenvalue weighted by Crippen LogP contribution is -1.84. The Morgan fingerprint density at radius 2 is 1.94 bits per heavy atom. The Kier molecular flexibility index (Phi) is 2.99. The Hall–Kier alpha value is -1.31. The molecule has 0 saturated carbocycles. The molecule has 0 atom stereocenters. The van der Waals surface area contributed by atoms with Gasteiger partial charge in [0, 0.05) is 9.35 Å². The maximum Gasteiger partial charge on any atom is 0.105 e. The summed E-state index contributed by atoms with van der Waals surface area (Å²) in [5.41, 5.74) is 8.47. The van der Waals surface area contributed by atoms with Crippen LogP contribution in [0, 0.1) is 18.3 Å². The van der Waals surface area contributed by atoms with E-state index in [0.29, 0.717) is 10.6 Å². The Morgan fingerprint density at radius 3 is 2.44 bits per heavy atom. The third-order valence-electron chi connectivity index (χ3n) is 2.39. The van der Waals surface area contributed by atoms with E-state index in [9.17, 15) is 0 Å². The first-order valence-electron chi connectivity index (χ1n) is 4.68. The molecule has 2 N–H and O–H groups in total. The van der Waals surface area contributed by atoms with Crippen LogP contribution in [0.4, 0.5) is 5.00 Å². The molecule has 0 spiro atoms. The molecule has 2 rings (SSSR count). The van der Waals surface area contributed by atoms with Crippen molar-refractivity contribution in [2.75, 3.05) is 5.73 Å². The minimum atomic E-state index is 0.595. The van der Waals surface area contributed by atoms with Crippen molar-refractivity contribution in [2.24, 2.45) is 0 Å². The smallest absolute Gasteiger partial charge is 0.105 e. The van der Waals surface area contributed by atoms with Crippen LogP contribution in [-0.2, 0) is 0 Å². The lowest BCUT2D eigenvalue weighted by molar-refractivity contribution is 1.44. The summed E-state index contributed by atoms with van der Waals surface area (Å²) in [4.78, 5) is 1.07. The molecular formula is C12H9BrN2S. The maximum atomic E-state index is 8.97. The molecule has 2 aromatic rings. The number of nitriles is 1. The molecule has 4 heteroatoms. The van der Waals surface area contributed by atoms with Gasteiger partial charge in [-0.05, 0) is 30.2 Å². The van der Waals surface area contributed by atoms with Gasteiger partial charge in [0.1, 0.15) is 11.1 Å². The predicted molar refractivity (Wildman–Crippen MR) is 71.3 cm³/mol. The van der Waals surface area contributed by atoms with Gasteiger partial charge in [-0.1, -0.05) is 28.1 Å². The number of thiophene rings is 1. The third-order valence-corrected chi connectivity index (χ3v) is 4.09. The van der Waals surface area contributed by atoms with Crippen molar-refractivity contribution in [3.05, 3.63) is 39.9 Å². The van der Waals surface area contributed by atoms with Gasteiger partial charge in [-0.15, -0.1) is 11.3 Å². The maximum absolute atomic E-state index is 8.97. The van der Waals surface area contributed by atoms with E-state index in [0.717, 1.165) is 20.5 Å². The van der Waals surface area contributed by atoms with Crippen molar-refractivity contribution in [3.63, 3.8) is 0 Å². The van der Waals surface area contributed by atoms with Crippen LogP contribution in [0.25, 0.3) is 10.4 Å². The summed E-state index contributed by atoms with van der Waals surface area (Å²) in [5.74, 6) is 0. The van der Waals surface area contributed by atoms with E-state index in [2.05, 4.69) is 22.0 Å². The Bertz CT molecular complexity index is 564. The quantitative estimate of drug-likeness (QED) is 0.865. The molecule has 0 aliphatic rings. The van der Waals surface area contributed by atoms with Crippen LogP contribution >= 0.6 is 27.3 Å². The summed E-state index contributed by atoms with van der Waals surface area (Å²) in [7, 11) is 0. The second-order valence-electron chi connectivity index (χ2n) is 3.41. The van der Waals surface area contributed by atoms with E-state index in [1.54, 1.807) is 0 Å². The van der Waals surface area contributed by atoms with E-state index in [4.69, 9.17) is 11.0 Å². The molecular weight excluding hydrogens is 284 g/mol. The van der Waals surface area contributed by atoms with Gasteiger partial charge < -0.3 is 5.73 Å². The highest BCUT2D eigenvalue weighted by Crippen LogP contribution is 2.37. The number of halogens is 1. The van der Waals surface area contributed by atoms with Crippen molar-refractivity contribution in [1.29, 1.82) is 5.26 Å². The summed E-state index contributed by atoms with van der Waals surface area (Å²) in [5, 5.41) is 9.57. The van der Waals surface area contributed by atoms with E-state index in [-0.39, 0.29) is 0 Å². The Balaban J connectivity index is 2.58. The van der Waals surface area contributed by atoms with Crippen LogP contribution in [0.2, 0.25) is 0 Å². The minimum absolute atomic E-state index is 0.595. The lowest BCUT2D eigenvalue weighted by Gasteiger charge is -1.99. The Labute approximate surface area is 106 Å². The van der Waals surface area contributed by atoms with Gasteiger partial charge in [0.25, 0.3) is 0 Å². The molecule has 0 fully saturated rings. The zero-order chi connectivity index (χ0) is 11.7. The molecule has 0 saturated heterocycles. The SMILES string of the molecule is Cc1c(-c2ccc(Br)cc2)sc(N)c1C#N. The van der Waals surface area contributed by atoms with Crippen LogP contribution in [0.15, 0.2) is 28.7 Å². The number of anilines is 1. The van der Waals surface area contributed by atoms with E-state index in [1.165, 1.54) is 11.3 Å². The fourth-order valence-electron chi connectivity index (χ4n) is 1.55. The summed E-state index contributed by atoms with van der Waals surface area (Å²) >= 11 is 4.86. The second-order valence-corrected chi connectivity index (χ2v) is 5.38. The molecule has 0 radical (unpaired) electrons. The predicted octanol–water partition coefficient (Wildman–Crippen LogP) is 3.94. The van der Waals surface area contributed by atoms with Gasteiger partial charge in [0.05, 0.1) is 5.56 Å². The van der Waals surface area contributed by atoms with Crippen LogP contribution < -0.4 is 5.73 Å². The van der Waals surface area contributed by atoms with Crippen molar-refractivity contribution in [1.82, 2.24) is 0 Å². The number of hydrogen-bond donors (Lipinski definition) is 1. The van der Waals surface area contributed by atoms with E-state index < -0.39 is 0 Å². The molecule has 0 aliphatic carbocycles. The average Bonchev–Trinajstić information content (AvgIpc) is 2.55. The van der Waals surface area contributed by atoms with E-state index >= 15 is 0 Å². The Morgan fingerprint density at radius 1 is 1.31 bits per heavy atom. The third kappa shape index (κ3) is 1.84. The van der Waals surface area contributed by atoms with Crippen molar-refractivity contribution in [3.8, 4) is 16.5 Å². The summed E-state index contributed by atoms with van der Waals surface area (Å²) in [6, 6.07) is 10.1. The topological polar surface area (TPSA) is 49.8 Å². The number of hydrogen-bond acceptors (Lipinski definition) is 3. The largest absolute Gasteiger partial charge is 0.389 e. The molecule has 1 aromatic heterocycles. The summed E-state index contributed by atoms with van der Waals surface area (Å²) < 4.78 is 1.04. The van der Waals surface area contributed by atoms with Crippen LogP contribution in [0.1, 0.15) is 11.1 Å². The van der Waals surface area contributed by atoms with Crippen molar-refractivity contribution >= 4 is 32.3 Å². The fourth-order valence-corrected chi connectivity index (χ4v) is 2.85. The van der Waals surface area contributed by atoms with Crippen molar-refractivity contribution in [2.45, 2.75) is 6.92 Å². The van der Waals surface area contributed by atoms with Gasteiger partial charge in [-0.2, -0.15) is 5.26 Å². The molecule has 80 valence electrons. The van der Waals surface area contributed by atoms with Gasteiger partial charge >= 0.3 is 0 Å². The molecule has 1 aromatic carbocycles. The highest BCUT2D eigenvalue weighted by atomic mass is 79.9. The normalized spacial score (nSPS) is 10.1. The molecule has 0 amide bonds. The molecule has 16 heavy (non-hydrogen) atoms. The average molecular weight is 293 g/mol. The fraction of sp³-hybridized carbons (Fsp3) is 0.0833. The summed E-state index contributed by atoms with van der Waals surface area (Å²) in [6.45, 7) is 1.93. The van der Waals surface area contributed by atoms with E-state index in [1.807, 2.05) is 31.2 Å². The molecule has 0 bridgehead atoms. The zero-order valence-electron chi connectivity index (χ0n) is 8.62. The monoisotopic (exact) mass is 292 g/mol. The highest BCUT2D eigenvalue weighted by Gasteiger charge is 2.13.